The van der Waals surface area contributed by atoms with E-state index in [2.05, 4.69) is 4.98 Å². The Balaban J connectivity index is 1.87. The van der Waals surface area contributed by atoms with Gasteiger partial charge in [0, 0.05) is 23.1 Å². The lowest BCUT2D eigenvalue weighted by Crippen LogP contribution is -2.47. The predicted octanol–water partition coefficient (Wildman–Crippen LogP) is 1.21. The molecule has 2 heterocycles. The first-order valence-electron chi connectivity index (χ1n) is 6.46. The number of fused-ring (bicyclic) bond motifs is 1. The van der Waals surface area contributed by atoms with Crippen LogP contribution in [0.1, 0.15) is 11.7 Å². The van der Waals surface area contributed by atoms with E-state index in [1.54, 1.807) is 54.9 Å². The highest BCUT2D eigenvalue weighted by molar-refractivity contribution is 5.76. The Labute approximate surface area is 121 Å². The lowest BCUT2D eigenvalue weighted by atomic mass is 10.1. The molecule has 0 radical (unpaired) electrons. The summed E-state index contributed by atoms with van der Waals surface area (Å²) >= 11 is 0. The molecule has 0 amide bonds. The summed E-state index contributed by atoms with van der Waals surface area (Å²) in [6.07, 6.45) is 1.93. The third-order valence-electron chi connectivity index (χ3n) is 3.06. The molecule has 5 nitrogen and oxygen atoms in total. The van der Waals surface area contributed by atoms with E-state index in [1.807, 2.05) is 12.1 Å². The Kier molecular flexibility index (Phi) is 3.57. The number of aromatic nitrogens is 2. The van der Waals surface area contributed by atoms with E-state index in [0.717, 1.165) is 0 Å². The number of aliphatic hydroxyl groups is 1. The monoisotopic (exact) mass is 281 g/mol. The van der Waals surface area contributed by atoms with Crippen LogP contribution in [-0.4, -0.2) is 16.1 Å². The first-order chi connectivity index (χ1) is 10.3. The SMILES string of the molecule is O=C(O[n+]1cccc2ncccc21)C(O)c1ccccc1. The molecule has 104 valence electrons. The molecule has 0 spiro atoms. The van der Waals surface area contributed by atoms with Crippen molar-refractivity contribution in [1.29, 1.82) is 0 Å². The average Bonchev–Trinajstić information content (AvgIpc) is 2.55. The average molecular weight is 281 g/mol. The maximum Gasteiger partial charge on any atom is 0.413 e. The summed E-state index contributed by atoms with van der Waals surface area (Å²) in [6.45, 7) is 0. The zero-order chi connectivity index (χ0) is 14.7. The third kappa shape index (κ3) is 2.73. The van der Waals surface area contributed by atoms with Crippen LogP contribution < -0.4 is 9.57 Å². The molecule has 21 heavy (non-hydrogen) atoms. The lowest BCUT2D eigenvalue weighted by molar-refractivity contribution is -0.849. The minimum Gasteiger partial charge on any atom is -0.377 e. The van der Waals surface area contributed by atoms with Crippen molar-refractivity contribution in [3.8, 4) is 0 Å². The number of nitrogens with zero attached hydrogens (tertiary/aromatic N) is 2. The summed E-state index contributed by atoms with van der Waals surface area (Å²) < 4.78 is 1.30. The molecule has 2 aromatic heterocycles. The number of aliphatic hydroxyl groups excluding tert-OH is 1. The standard InChI is InChI=1S/C16H13N2O3/c19-15(12-6-2-1-3-7-12)16(20)21-18-11-5-8-13-14(18)9-4-10-17-13/h1-11,15,19H/q+1. The molecule has 0 aliphatic carbocycles. The molecule has 5 heteroatoms. The van der Waals surface area contributed by atoms with Gasteiger partial charge in [0.1, 0.15) is 5.52 Å². The molecule has 3 aromatic rings. The van der Waals surface area contributed by atoms with Crippen LogP contribution in [0.2, 0.25) is 0 Å². The normalized spacial score (nSPS) is 12.0. The zero-order valence-electron chi connectivity index (χ0n) is 11.1. The van der Waals surface area contributed by atoms with Gasteiger partial charge in [0.2, 0.25) is 6.20 Å². The van der Waals surface area contributed by atoms with Crippen molar-refractivity contribution in [2.75, 3.05) is 0 Å². The van der Waals surface area contributed by atoms with E-state index in [0.29, 0.717) is 16.6 Å². The van der Waals surface area contributed by atoms with E-state index in [-0.39, 0.29) is 0 Å². The van der Waals surface area contributed by atoms with Gasteiger partial charge in [-0.2, -0.15) is 4.84 Å². The second-order valence-electron chi connectivity index (χ2n) is 4.47. The Morgan fingerprint density at radius 1 is 1.10 bits per heavy atom. The van der Waals surface area contributed by atoms with Crippen LogP contribution in [-0.2, 0) is 4.79 Å². The highest BCUT2D eigenvalue weighted by atomic mass is 16.7. The highest BCUT2D eigenvalue weighted by Gasteiger charge is 2.25. The molecule has 0 fully saturated rings. The van der Waals surface area contributed by atoms with Crippen molar-refractivity contribution in [1.82, 2.24) is 4.98 Å². The van der Waals surface area contributed by atoms with E-state index in [9.17, 15) is 9.90 Å². The molecule has 0 bridgehead atoms. The molecule has 0 aliphatic rings. The first kappa shape index (κ1) is 13.2. The highest BCUT2D eigenvalue weighted by Crippen LogP contribution is 2.12. The summed E-state index contributed by atoms with van der Waals surface area (Å²) in [7, 11) is 0. The van der Waals surface area contributed by atoms with E-state index in [4.69, 9.17) is 4.84 Å². The number of benzene rings is 1. The van der Waals surface area contributed by atoms with E-state index in [1.165, 1.54) is 4.73 Å². The Bertz CT molecular complexity index is 769. The van der Waals surface area contributed by atoms with Crippen molar-refractivity contribution >= 4 is 17.0 Å². The minimum atomic E-state index is -1.33. The summed E-state index contributed by atoms with van der Waals surface area (Å²) in [5, 5.41) is 10.0. The maximum atomic E-state index is 12.0. The third-order valence-corrected chi connectivity index (χ3v) is 3.06. The molecule has 0 aliphatic heterocycles. The molecule has 1 atom stereocenters. The summed E-state index contributed by atoms with van der Waals surface area (Å²) in [5.74, 6) is -0.748. The number of hydrogen-bond donors (Lipinski definition) is 1. The largest absolute Gasteiger partial charge is 0.413 e. The molecule has 3 rings (SSSR count). The molecule has 0 saturated heterocycles. The van der Waals surface area contributed by atoms with Crippen LogP contribution in [0.5, 0.6) is 0 Å². The fourth-order valence-corrected chi connectivity index (χ4v) is 2.01. The van der Waals surface area contributed by atoms with Gasteiger partial charge >= 0.3 is 5.97 Å². The Morgan fingerprint density at radius 3 is 2.71 bits per heavy atom. The van der Waals surface area contributed by atoms with Gasteiger partial charge in [-0.1, -0.05) is 30.3 Å². The smallest absolute Gasteiger partial charge is 0.377 e. The Morgan fingerprint density at radius 2 is 1.90 bits per heavy atom. The van der Waals surface area contributed by atoms with Gasteiger partial charge in [0.15, 0.2) is 6.10 Å². The second-order valence-corrected chi connectivity index (χ2v) is 4.47. The molecule has 1 N–H and O–H groups in total. The minimum absolute atomic E-state index is 0.487. The van der Waals surface area contributed by atoms with Crippen molar-refractivity contribution in [2.24, 2.45) is 0 Å². The fraction of sp³-hybridized carbons (Fsp3) is 0.0625. The number of carbonyl (C=O) groups excluding carboxylic acids is 1. The van der Waals surface area contributed by atoms with Crippen LogP contribution >= 0.6 is 0 Å². The molecule has 1 unspecified atom stereocenters. The topological polar surface area (TPSA) is 63.3 Å². The number of carbonyl (C=O) groups is 1. The van der Waals surface area contributed by atoms with Crippen molar-refractivity contribution in [3.63, 3.8) is 0 Å². The molecular weight excluding hydrogens is 268 g/mol. The fourth-order valence-electron chi connectivity index (χ4n) is 2.01. The van der Waals surface area contributed by atoms with E-state index >= 15 is 0 Å². The van der Waals surface area contributed by atoms with Gasteiger partial charge in [-0.05, 0) is 17.7 Å². The zero-order valence-corrected chi connectivity index (χ0v) is 11.1. The quantitative estimate of drug-likeness (QED) is 0.733. The van der Waals surface area contributed by atoms with E-state index < -0.39 is 12.1 Å². The number of rotatable bonds is 3. The van der Waals surface area contributed by atoms with Crippen LogP contribution in [0.3, 0.4) is 0 Å². The van der Waals surface area contributed by atoms with Gasteiger partial charge < -0.3 is 5.11 Å². The van der Waals surface area contributed by atoms with Crippen LogP contribution in [0.4, 0.5) is 0 Å². The van der Waals surface area contributed by atoms with Gasteiger partial charge in [-0.25, -0.2) is 9.78 Å². The van der Waals surface area contributed by atoms with Gasteiger partial charge in [-0.15, -0.1) is 0 Å². The summed E-state index contributed by atoms with van der Waals surface area (Å²) in [6, 6.07) is 15.7. The van der Waals surface area contributed by atoms with Crippen LogP contribution in [0.25, 0.3) is 11.0 Å². The summed E-state index contributed by atoms with van der Waals surface area (Å²) in [5.41, 5.74) is 1.83. The number of hydrogen-bond acceptors (Lipinski definition) is 4. The molecule has 0 saturated carbocycles. The molecular formula is C16H13N2O3+. The Hall–Kier alpha value is -2.79. The van der Waals surface area contributed by atoms with Gasteiger partial charge in [0.25, 0.3) is 5.52 Å². The van der Waals surface area contributed by atoms with Gasteiger partial charge in [-0.3, -0.25) is 0 Å². The second kappa shape index (κ2) is 5.68. The maximum absolute atomic E-state index is 12.0. The lowest BCUT2D eigenvalue weighted by Gasteiger charge is -2.06. The van der Waals surface area contributed by atoms with Crippen molar-refractivity contribution < 1.29 is 19.5 Å². The first-order valence-corrected chi connectivity index (χ1v) is 6.46. The van der Waals surface area contributed by atoms with Gasteiger partial charge in [0.05, 0.1) is 0 Å². The van der Waals surface area contributed by atoms with Crippen LogP contribution in [0, 0.1) is 0 Å². The van der Waals surface area contributed by atoms with Crippen molar-refractivity contribution in [3.05, 3.63) is 72.6 Å². The van der Waals surface area contributed by atoms with Crippen molar-refractivity contribution in [2.45, 2.75) is 6.10 Å². The number of pyridine rings is 2. The predicted molar refractivity (Wildman–Crippen MR) is 74.9 cm³/mol. The summed E-state index contributed by atoms with van der Waals surface area (Å²) in [4.78, 5) is 21.5. The van der Waals surface area contributed by atoms with Crippen LogP contribution in [0.15, 0.2) is 67.0 Å². The molecule has 1 aromatic carbocycles.